The highest BCUT2D eigenvalue weighted by atomic mass is 16.6. The summed E-state index contributed by atoms with van der Waals surface area (Å²) in [5.41, 5.74) is -0.588. The van der Waals surface area contributed by atoms with Gasteiger partial charge in [-0.15, -0.1) is 0 Å². The van der Waals surface area contributed by atoms with Crippen molar-refractivity contribution in [1.82, 2.24) is 14.7 Å². The Morgan fingerprint density at radius 3 is 2.48 bits per heavy atom. The van der Waals surface area contributed by atoms with Crippen molar-refractivity contribution in [2.24, 2.45) is 0 Å². The molecule has 0 spiro atoms. The van der Waals surface area contributed by atoms with E-state index in [0.29, 0.717) is 32.6 Å². The average Bonchev–Trinajstić information content (AvgIpc) is 2.84. The molecular weight excluding hydrogens is 326 g/mol. The van der Waals surface area contributed by atoms with Crippen LogP contribution in [0.5, 0.6) is 0 Å². The van der Waals surface area contributed by atoms with Gasteiger partial charge in [0.25, 0.3) is 0 Å². The van der Waals surface area contributed by atoms with Gasteiger partial charge < -0.3 is 19.6 Å². The van der Waals surface area contributed by atoms with Gasteiger partial charge in [0.2, 0.25) is 5.91 Å². The third-order valence-corrected chi connectivity index (χ3v) is 4.52. The second-order valence-corrected chi connectivity index (χ2v) is 7.90. The van der Waals surface area contributed by atoms with Crippen LogP contribution in [0.2, 0.25) is 0 Å². The van der Waals surface area contributed by atoms with Crippen molar-refractivity contribution >= 4 is 18.0 Å². The van der Waals surface area contributed by atoms with Crippen molar-refractivity contribution < 1.29 is 24.2 Å². The van der Waals surface area contributed by atoms with Gasteiger partial charge >= 0.3 is 12.1 Å². The van der Waals surface area contributed by atoms with Gasteiger partial charge in [0.05, 0.1) is 6.54 Å². The molecule has 2 rings (SSSR count). The van der Waals surface area contributed by atoms with Crippen molar-refractivity contribution in [2.45, 2.75) is 58.2 Å². The zero-order valence-corrected chi connectivity index (χ0v) is 15.5. The molecule has 2 amide bonds. The molecule has 0 bridgehead atoms. The number of hydrogen-bond donors (Lipinski definition) is 1. The second-order valence-electron chi connectivity index (χ2n) is 7.90. The van der Waals surface area contributed by atoms with Crippen LogP contribution in [0.4, 0.5) is 4.79 Å². The summed E-state index contributed by atoms with van der Waals surface area (Å²) in [7, 11) is 0. The molecule has 8 nitrogen and oxygen atoms in total. The summed E-state index contributed by atoms with van der Waals surface area (Å²) in [5.74, 6) is -0.812. The van der Waals surface area contributed by atoms with E-state index in [-0.39, 0.29) is 24.5 Å². The molecule has 0 aromatic heterocycles. The first-order chi connectivity index (χ1) is 11.6. The minimum absolute atomic E-state index is 0.0951. The number of aliphatic carboxylic acids is 1. The molecule has 1 N–H and O–H groups in total. The number of carbonyl (C=O) groups is 3. The van der Waals surface area contributed by atoms with Crippen LogP contribution >= 0.6 is 0 Å². The van der Waals surface area contributed by atoms with E-state index >= 15 is 0 Å². The Kier molecular flexibility index (Phi) is 5.92. The number of piperazine rings is 1. The summed E-state index contributed by atoms with van der Waals surface area (Å²) in [5, 5.41) is 9.18. The van der Waals surface area contributed by atoms with Crippen LogP contribution in [0.15, 0.2) is 0 Å². The maximum absolute atomic E-state index is 12.5. The molecule has 0 aromatic carbocycles. The predicted octanol–water partition coefficient (Wildman–Crippen LogP) is 1.00. The van der Waals surface area contributed by atoms with E-state index in [0.717, 1.165) is 6.42 Å². The lowest BCUT2D eigenvalue weighted by Gasteiger charge is -2.45. The minimum atomic E-state index is -0.907. The second kappa shape index (κ2) is 7.59. The van der Waals surface area contributed by atoms with Crippen molar-refractivity contribution in [2.75, 3.05) is 32.7 Å². The molecule has 2 saturated heterocycles. The lowest BCUT2D eigenvalue weighted by atomic mass is 10.1. The molecule has 0 aliphatic carbocycles. The molecule has 25 heavy (non-hydrogen) atoms. The minimum Gasteiger partial charge on any atom is -0.480 e. The van der Waals surface area contributed by atoms with E-state index in [1.807, 2.05) is 32.6 Å². The van der Waals surface area contributed by atoms with Gasteiger partial charge in [0, 0.05) is 44.7 Å². The molecule has 0 saturated carbocycles. The van der Waals surface area contributed by atoms with Gasteiger partial charge in [-0.05, 0) is 34.1 Å². The molecule has 2 aliphatic rings. The number of carbonyl (C=O) groups excluding carboxylic acids is 2. The molecule has 2 aliphatic heterocycles. The number of rotatable bonds is 4. The first-order valence-electron chi connectivity index (χ1n) is 8.80. The molecule has 142 valence electrons. The average molecular weight is 355 g/mol. The van der Waals surface area contributed by atoms with Gasteiger partial charge in [-0.1, -0.05) is 0 Å². The molecule has 2 fully saturated rings. The maximum atomic E-state index is 12.5. The Morgan fingerprint density at radius 2 is 1.96 bits per heavy atom. The van der Waals surface area contributed by atoms with Gasteiger partial charge in [0.15, 0.2) is 0 Å². The number of carboxylic acid groups (broad SMARTS) is 1. The fourth-order valence-electron chi connectivity index (χ4n) is 3.38. The molecule has 8 heteroatoms. The smallest absolute Gasteiger partial charge is 0.410 e. The number of ether oxygens (including phenoxy) is 1. The topological polar surface area (TPSA) is 90.4 Å². The first kappa shape index (κ1) is 19.5. The van der Waals surface area contributed by atoms with Crippen LogP contribution in [-0.2, 0) is 14.3 Å². The third kappa shape index (κ3) is 5.32. The first-order valence-corrected chi connectivity index (χ1v) is 8.80. The quantitative estimate of drug-likeness (QED) is 0.809. The van der Waals surface area contributed by atoms with Crippen molar-refractivity contribution in [3.05, 3.63) is 0 Å². The molecule has 0 unspecified atom stereocenters. The summed E-state index contributed by atoms with van der Waals surface area (Å²) in [6.45, 7) is 9.17. The number of amides is 2. The Bertz CT molecular complexity index is 531. The van der Waals surface area contributed by atoms with Crippen LogP contribution in [0, 0.1) is 0 Å². The van der Waals surface area contributed by atoms with Gasteiger partial charge in [-0.2, -0.15) is 0 Å². The Balaban J connectivity index is 2.11. The highest BCUT2D eigenvalue weighted by Crippen LogP contribution is 2.21. The standard InChI is InChI=1S/C17H29N3O5/c1-12-8-19(11-15(22)23)13(9-18-7-5-6-14(18)21)10-20(12)16(24)25-17(2,3)4/h12-13H,5-11H2,1-4H3,(H,22,23)/t12-,13+/m1/s1. The molecule has 2 heterocycles. The van der Waals surface area contributed by atoms with Gasteiger partial charge in [-0.3, -0.25) is 14.5 Å². The zero-order chi connectivity index (χ0) is 18.8. The summed E-state index contributed by atoms with van der Waals surface area (Å²) >= 11 is 0. The van der Waals surface area contributed by atoms with E-state index < -0.39 is 17.7 Å². The summed E-state index contributed by atoms with van der Waals surface area (Å²) in [6, 6.07) is -0.360. The number of hydrogen-bond acceptors (Lipinski definition) is 5. The fourth-order valence-corrected chi connectivity index (χ4v) is 3.38. The lowest BCUT2D eigenvalue weighted by molar-refractivity contribution is -0.140. The monoisotopic (exact) mass is 355 g/mol. The van der Waals surface area contributed by atoms with Crippen LogP contribution in [0.25, 0.3) is 0 Å². The number of carboxylic acids is 1. The van der Waals surface area contributed by atoms with Gasteiger partial charge in [-0.25, -0.2) is 4.79 Å². The highest BCUT2D eigenvalue weighted by molar-refractivity contribution is 5.78. The van der Waals surface area contributed by atoms with Crippen LogP contribution in [0.3, 0.4) is 0 Å². The summed E-state index contributed by atoms with van der Waals surface area (Å²) in [6.07, 6.45) is 0.974. The summed E-state index contributed by atoms with van der Waals surface area (Å²) < 4.78 is 5.47. The van der Waals surface area contributed by atoms with E-state index in [9.17, 15) is 19.5 Å². The third-order valence-electron chi connectivity index (χ3n) is 4.52. The van der Waals surface area contributed by atoms with Crippen LogP contribution < -0.4 is 0 Å². The predicted molar refractivity (Wildman–Crippen MR) is 91.2 cm³/mol. The lowest BCUT2D eigenvalue weighted by Crippen LogP contribution is -2.62. The number of nitrogens with zero attached hydrogens (tertiary/aromatic N) is 3. The fraction of sp³-hybridized carbons (Fsp3) is 0.824. The summed E-state index contributed by atoms with van der Waals surface area (Å²) in [4.78, 5) is 40.9. The van der Waals surface area contributed by atoms with E-state index in [4.69, 9.17) is 4.74 Å². The highest BCUT2D eigenvalue weighted by Gasteiger charge is 2.38. The Morgan fingerprint density at radius 1 is 1.28 bits per heavy atom. The molecular formula is C17H29N3O5. The van der Waals surface area contributed by atoms with Crippen LogP contribution in [0.1, 0.15) is 40.5 Å². The zero-order valence-electron chi connectivity index (χ0n) is 15.5. The van der Waals surface area contributed by atoms with Crippen molar-refractivity contribution in [3.8, 4) is 0 Å². The SMILES string of the molecule is C[C@@H]1CN(CC(=O)O)[C@@H](CN2CCCC2=O)CN1C(=O)OC(C)(C)C. The largest absolute Gasteiger partial charge is 0.480 e. The van der Waals surface area contributed by atoms with Gasteiger partial charge in [0.1, 0.15) is 5.60 Å². The maximum Gasteiger partial charge on any atom is 0.410 e. The number of likely N-dealkylation sites (tertiary alicyclic amines) is 1. The van der Waals surface area contributed by atoms with Crippen molar-refractivity contribution in [3.63, 3.8) is 0 Å². The normalized spacial score (nSPS) is 25.4. The van der Waals surface area contributed by atoms with E-state index in [2.05, 4.69) is 0 Å². The van der Waals surface area contributed by atoms with Crippen LogP contribution in [-0.4, -0.2) is 88.2 Å². The molecule has 0 radical (unpaired) electrons. The Labute approximate surface area is 148 Å². The van der Waals surface area contributed by atoms with E-state index in [1.165, 1.54) is 0 Å². The molecule has 0 aromatic rings. The van der Waals surface area contributed by atoms with E-state index in [1.54, 1.807) is 9.80 Å². The Hall–Kier alpha value is -1.83. The van der Waals surface area contributed by atoms with Crippen molar-refractivity contribution in [1.29, 1.82) is 0 Å². The molecule has 2 atom stereocenters.